The summed E-state index contributed by atoms with van der Waals surface area (Å²) in [6.07, 6.45) is 1.33. The first kappa shape index (κ1) is 14.8. The number of nitrogens with one attached hydrogen (secondary N) is 1. The van der Waals surface area contributed by atoms with Crippen LogP contribution >= 0.6 is 0 Å². The Morgan fingerprint density at radius 3 is 2.77 bits per heavy atom. The number of rotatable bonds is 3. The number of primary amides is 1. The third-order valence-corrected chi connectivity index (χ3v) is 4.14. The zero-order valence-corrected chi connectivity index (χ0v) is 13.0. The zero-order chi connectivity index (χ0) is 15.7. The zero-order valence-electron chi connectivity index (χ0n) is 13.0. The summed E-state index contributed by atoms with van der Waals surface area (Å²) in [5.41, 5.74) is 6.86. The van der Waals surface area contributed by atoms with Crippen LogP contribution < -0.4 is 15.8 Å². The van der Waals surface area contributed by atoms with Crippen LogP contribution in [0.4, 0.5) is 4.79 Å². The molecule has 2 aromatic rings. The second-order valence-electron chi connectivity index (χ2n) is 6.00. The molecule has 0 spiro atoms. The van der Waals surface area contributed by atoms with Crippen molar-refractivity contribution in [3.63, 3.8) is 0 Å². The molecule has 0 unspecified atom stereocenters. The van der Waals surface area contributed by atoms with Crippen LogP contribution in [0.25, 0.3) is 11.0 Å². The molecule has 3 N–H and O–H groups in total. The number of aromatic nitrogens is 2. The fourth-order valence-electron chi connectivity index (χ4n) is 3.21. The van der Waals surface area contributed by atoms with Crippen molar-refractivity contribution >= 4 is 17.1 Å². The third kappa shape index (κ3) is 2.66. The summed E-state index contributed by atoms with van der Waals surface area (Å²) in [5.74, 6) is 1.93. The molecule has 1 aliphatic rings. The van der Waals surface area contributed by atoms with Gasteiger partial charge in [-0.25, -0.2) is 9.78 Å². The summed E-state index contributed by atoms with van der Waals surface area (Å²) in [6, 6.07) is 5.91. The fraction of sp³-hybridized carbons (Fsp3) is 0.500. The lowest BCUT2D eigenvalue weighted by Gasteiger charge is -2.24. The number of benzene rings is 1. The molecule has 3 rings (SSSR count). The van der Waals surface area contributed by atoms with Gasteiger partial charge < -0.3 is 20.4 Å². The Morgan fingerprint density at radius 1 is 1.41 bits per heavy atom. The lowest BCUT2D eigenvalue weighted by Crippen LogP contribution is -2.28. The Kier molecular flexibility index (Phi) is 4.02. The first-order valence-electron chi connectivity index (χ1n) is 7.76. The van der Waals surface area contributed by atoms with Gasteiger partial charge in [-0.05, 0) is 51.9 Å². The van der Waals surface area contributed by atoms with Crippen molar-refractivity contribution in [1.82, 2.24) is 14.9 Å². The fourth-order valence-corrected chi connectivity index (χ4v) is 3.21. The van der Waals surface area contributed by atoms with Crippen molar-refractivity contribution < 1.29 is 9.53 Å². The maximum Gasteiger partial charge on any atom is 0.410 e. The SMILES string of the molecule is CC(C)n1c(C2CCNCC2)nc2c(OC(N)=O)cccc21. The number of imidazole rings is 1. The van der Waals surface area contributed by atoms with E-state index < -0.39 is 6.09 Å². The summed E-state index contributed by atoms with van der Waals surface area (Å²) in [4.78, 5) is 15.9. The number of carbonyl (C=O) groups is 1. The highest BCUT2D eigenvalue weighted by molar-refractivity contribution is 5.85. The van der Waals surface area contributed by atoms with Gasteiger partial charge in [0.1, 0.15) is 11.3 Å². The van der Waals surface area contributed by atoms with E-state index in [0.717, 1.165) is 37.3 Å². The number of carbonyl (C=O) groups excluding carboxylic acids is 1. The maximum absolute atomic E-state index is 11.1. The van der Waals surface area contributed by atoms with Crippen LogP contribution in [-0.4, -0.2) is 28.7 Å². The number of fused-ring (bicyclic) bond motifs is 1. The Bertz CT molecular complexity index is 687. The Labute approximate surface area is 129 Å². The van der Waals surface area contributed by atoms with Gasteiger partial charge in [0, 0.05) is 12.0 Å². The Balaban J connectivity index is 2.14. The molecular formula is C16H22N4O2. The van der Waals surface area contributed by atoms with Crippen LogP contribution in [-0.2, 0) is 0 Å². The monoisotopic (exact) mass is 302 g/mol. The number of piperidine rings is 1. The number of amides is 1. The normalized spacial score (nSPS) is 16.3. The number of para-hydroxylation sites is 1. The highest BCUT2D eigenvalue weighted by atomic mass is 16.5. The highest BCUT2D eigenvalue weighted by Crippen LogP contribution is 2.34. The van der Waals surface area contributed by atoms with Crippen molar-refractivity contribution in [2.75, 3.05) is 13.1 Å². The summed E-state index contributed by atoms with van der Waals surface area (Å²) in [7, 11) is 0. The molecule has 1 fully saturated rings. The molecule has 2 heterocycles. The molecule has 0 saturated carbocycles. The molecule has 6 heteroatoms. The van der Waals surface area contributed by atoms with Crippen LogP contribution in [0.2, 0.25) is 0 Å². The van der Waals surface area contributed by atoms with Crippen LogP contribution in [0.15, 0.2) is 18.2 Å². The molecule has 1 aromatic carbocycles. The molecule has 1 amide bonds. The molecule has 22 heavy (non-hydrogen) atoms. The van der Waals surface area contributed by atoms with Crippen molar-refractivity contribution in [2.45, 2.75) is 38.6 Å². The van der Waals surface area contributed by atoms with Gasteiger partial charge in [-0.15, -0.1) is 0 Å². The molecule has 1 aromatic heterocycles. The van der Waals surface area contributed by atoms with E-state index in [9.17, 15) is 4.79 Å². The van der Waals surface area contributed by atoms with E-state index in [-0.39, 0.29) is 0 Å². The predicted molar refractivity (Wildman–Crippen MR) is 85.2 cm³/mol. The number of nitrogens with two attached hydrogens (primary N) is 1. The second kappa shape index (κ2) is 5.96. The molecule has 1 aliphatic heterocycles. The third-order valence-electron chi connectivity index (χ3n) is 4.14. The molecule has 0 atom stereocenters. The van der Waals surface area contributed by atoms with E-state index >= 15 is 0 Å². The largest absolute Gasteiger partial charge is 0.410 e. The van der Waals surface area contributed by atoms with Gasteiger partial charge >= 0.3 is 6.09 Å². The van der Waals surface area contributed by atoms with Crippen LogP contribution in [0.3, 0.4) is 0 Å². The van der Waals surface area contributed by atoms with Gasteiger partial charge in [0.05, 0.1) is 5.52 Å². The van der Waals surface area contributed by atoms with Crippen LogP contribution in [0.5, 0.6) is 5.75 Å². The minimum atomic E-state index is -0.810. The van der Waals surface area contributed by atoms with Gasteiger partial charge in [-0.2, -0.15) is 0 Å². The smallest absolute Gasteiger partial charge is 0.408 e. The van der Waals surface area contributed by atoms with Gasteiger partial charge in [0.25, 0.3) is 0 Å². The standard InChI is InChI=1S/C16H22N4O2/c1-10(2)20-12-4-3-5-13(22-16(17)21)14(12)19-15(20)11-6-8-18-9-7-11/h3-5,10-11,18H,6-9H2,1-2H3,(H2,17,21). The first-order valence-corrected chi connectivity index (χ1v) is 7.76. The molecule has 0 aliphatic carbocycles. The first-order chi connectivity index (χ1) is 10.6. The number of hydrogen-bond donors (Lipinski definition) is 2. The van der Waals surface area contributed by atoms with E-state index in [1.165, 1.54) is 0 Å². The van der Waals surface area contributed by atoms with Gasteiger partial charge in [0.15, 0.2) is 5.75 Å². The Hall–Kier alpha value is -2.08. The molecular weight excluding hydrogens is 280 g/mol. The minimum Gasteiger partial charge on any atom is -0.408 e. The molecule has 0 bridgehead atoms. The van der Waals surface area contributed by atoms with Crippen molar-refractivity contribution in [3.05, 3.63) is 24.0 Å². The van der Waals surface area contributed by atoms with Crippen molar-refractivity contribution in [3.8, 4) is 5.75 Å². The maximum atomic E-state index is 11.1. The molecule has 6 nitrogen and oxygen atoms in total. The van der Waals surface area contributed by atoms with E-state index in [1.54, 1.807) is 6.07 Å². The van der Waals surface area contributed by atoms with E-state index in [2.05, 4.69) is 23.7 Å². The second-order valence-corrected chi connectivity index (χ2v) is 6.00. The van der Waals surface area contributed by atoms with E-state index in [4.69, 9.17) is 15.5 Å². The number of ether oxygens (including phenoxy) is 1. The van der Waals surface area contributed by atoms with Gasteiger partial charge in [-0.1, -0.05) is 6.07 Å². The van der Waals surface area contributed by atoms with Crippen LogP contribution in [0.1, 0.15) is 44.5 Å². The van der Waals surface area contributed by atoms with Crippen LogP contribution in [0, 0.1) is 0 Å². The predicted octanol–water partition coefficient (Wildman–Crippen LogP) is 2.54. The van der Waals surface area contributed by atoms with E-state index in [1.807, 2.05) is 12.1 Å². The Morgan fingerprint density at radius 2 is 2.14 bits per heavy atom. The van der Waals surface area contributed by atoms with E-state index in [0.29, 0.717) is 23.2 Å². The number of nitrogens with zero attached hydrogens (tertiary/aromatic N) is 2. The summed E-state index contributed by atoms with van der Waals surface area (Å²) < 4.78 is 7.36. The average Bonchev–Trinajstić information content (AvgIpc) is 2.88. The van der Waals surface area contributed by atoms with Crippen molar-refractivity contribution in [1.29, 1.82) is 0 Å². The molecule has 118 valence electrons. The molecule has 0 radical (unpaired) electrons. The summed E-state index contributed by atoms with van der Waals surface area (Å²) in [6.45, 7) is 6.31. The minimum absolute atomic E-state index is 0.290. The quantitative estimate of drug-likeness (QED) is 0.913. The summed E-state index contributed by atoms with van der Waals surface area (Å²) in [5, 5.41) is 3.38. The lowest BCUT2D eigenvalue weighted by molar-refractivity contribution is 0.211. The van der Waals surface area contributed by atoms with Gasteiger partial charge in [0.2, 0.25) is 0 Å². The summed E-state index contributed by atoms with van der Waals surface area (Å²) >= 11 is 0. The van der Waals surface area contributed by atoms with Gasteiger partial charge in [-0.3, -0.25) is 0 Å². The average molecular weight is 302 g/mol. The topological polar surface area (TPSA) is 82.2 Å². The molecule has 1 saturated heterocycles. The van der Waals surface area contributed by atoms with Crippen molar-refractivity contribution in [2.24, 2.45) is 5.73 Å². The highest BCUT2D eigenvalue weighted by Gasteiger charge is 2.24. The number of hydrogen-bond acceptors (Lipinski definition) is 4. The lowest BCUT2D eigenvalue weighted by atomic mass is 9.97.